The molecule has 11 nitrogen and oxygen atoms in total. The molecule has 1 aromatic rings. The summed E-state index contributed by atoms with van der Waals surface area (Å²) in [6.07, 6.45) is -10.2. The van der Waals surface area contributed by atoms with Gasteiger partial charge in [-0.3, -0.25) is 4.18 Å². The highest BCUT2D eigenvalue weighted by atomic mass is 32.3. The average Bonchev–Trinajstić information content (AvgIpc) is 2.99. The standard InChI is InChI=1S/C19H28O11S/c20-8-12-11(6-13(21)15(12)22)7-14-18(30-31(25,26)27)16(23)17(24)19(29-14)28-9-10-4-2-1-3-5-10/h1-5,11-24H,6-9H2,(H,25,26,27)/p-1/t11-,12-,13+,14+,15+,16+,17+,18-,19+/m0/s1. The van der Waals surface area contributed by atoms with Crippen LogP contribution < -0.4 is 0 Å². The maximum Gasteiger partial charge on any atom is 0.218 e. The summed E-state index contributed by atoms with van der Waals surface area (Å²) in [6.45, 7) is -0.423. The molecule has 176 valence electrons. The summed E-state index contributed by atoms with van der Waals surface area (Å²) in [4.78, 5) is 0. The van der Waals surface area contributed by atoms with E-state index in [-0.39, 0.29) is 19.4 Å². The molecule has 31 heavy (non-hydrogen) atoms. The second-order valence-electron chi connectivity index (χ2n) is 7.93. The van der Waals surface area contributed by atoms with Gasteiger partial charge in [0.2, 0.25) is 10.4 Å². The van der Waals surface area contributed by atoms with E-state index in [4.69, 9.17) is 9.47 Å². The van der Waals surface area contributed by atoms with Crippen LogP contribution in [0.3, 0.4) is 0 Å². The van der Waals surface area contributed by atoms with Gasteiger partial charge in [-0.1, -0.05) is 30.3 Å². The molecule has 5 N–H and O–H groups in total. The molecular weight excluding hydrogens is 436 g/mol. The van der Waals surface area contributed by atoms with Gasteiger partial charge in [-0.2, -0.15) is 0 Å². The van der Waals surface area contributed by atoms with Crippen LogP contribution in [0.5, 0.6) is 0 Å². The number of rotatable bonds is 8. The summed E-state index contributed by atoms with van der Waals surface area (Å²) in [5, 5.41) is 50.3. The minimum atomic E-state index is -5.25. The first-order chi connectivity index (χ1) is 14.6. The molecule has 3 rings (SSSR count). The lowest BCUT2D eigenvalue weighted by molar-refractivity contribution is -0.298. The molecule has 2 fully saturated rings. The van der Waals surface area contributed by atoms with Crippen molar-refractivity contribution in [3.63, 3.8) is 0 Å². The zero-order chi connectivity index (χ0) is 22.8. The van der Waals surface area contributed by atoms with Gasteiger partial charge in [-0.05, 0) is 24.3 Å². The van der Waals surface area contributed by atoms with Gasteiger partial charge < -0.3 is 39.6 Å². The van der Waals surface area contributed by atoms with E-state index in [0.29, 0.717) is 0 Å². The Morgan fingerprint density at radius 1 is 1.06 bits per heavy atom. The Hall–Kier alpha value is -1.19. The normalized spacial score (nSPS) is 39.0. The molecule has 0 bridgehead atoms. The van der Waals surface area contributed by atoms with Gasteiger partial charge in [-0.25, -0.2) is 8.42 Å². The molecule has 1 saturated carbocycles. The molecule has 0 spiro atoms. The van der Waals surface area contributed by atoms with E-state index in [2.05, 4.69) is 4.18 Å². The van der Waals surface area contributed by atoms with E-state index in [0.717, 1.165) is 5.56 Å². The quantitative estimate of drug-likeness (QED) is 0.217. The molecule has 0 unspecified atom stereocenters. The van der Waals surface area contributed by atoms with Crippen LogP contribution in [-0.4, -0.2) is 88.0 Å². The first-order valence-corrected chi connectivity index (χ1v) is 11.2. The molecule has 2 aliphatic rings. The maximum absolute atomic E-state index is 11.2. The summed E-state index contributed by atoms with van der Waals surface area (Å²) < 4.78 is 49.2. The predicted octanol–water partition coefficient (Wildman–Crippen LogP) is -1.76. The fraction of sp³-hybridized carbons (Fsp3) is 0.684. The van der Waals surface area contributed by atoms with Crippen molar-refractivity contribution in [1.29, 1.82) is 0 Å². The van der Waals surface area contributed by atoms with Crippen LogP contribution in [-0.2, 0) is 30.7 Å². The topological polar surface area (TPSA) is 186 Å². The number of ether oxygens (including phenoxy) is 2. The van der Waals surface area contributed by atoms with Gasteiger partial charge in [0.05, 0.1) is 24.9 Å². The number of hydrogen-bond acceptors (Lipinski definition) is 11. The first-order valence-electron chi connectivity index (χ1n) is 9.89. The Labute approximate surface area is 179 Å². The van der Waals surface area contributed by atoms with Crippen molar-refractivity contribution in [2.75, 3.05) is 6.61 Å². The highest BCUT2D eigenvalue weighted by Crippen LogP contribution is 2.39. The summed E-state index contributed by atoms with van der Waals surface area (Å²) >= 11 is 0. The van der Waals surface area contributed by atoms with Crippen molar-refractivity contribution < 1.29 is 52.2 Å². The zero-order valence-electron chi connectivity index (χ0n) is 16.5. The van der Waals surface area contributed by atoms with E-state index >= 15 is 0 Å². The van der Waals surface area contributed by atoms with Crippen molar-refractivity contribution in [1.82, 2.24) is 0 Å². The fourth-order valence-electron chi connectivity index (χ4n) is 4.26. The van der Waals surface area contributed by atoms with E-state index in [1.165, 1.54) is 0 Å². The Morgan fingerprint density at radius 3 is 2.35 bits per heavy atom. The van der Waals surface area contributed by atoms with Crippen LogP contribution >= 0.6 is 0 Å². The second kappa shape index (κ2) is 10.2. The molecule has 1 heterocycles. The number of aliphatic hydroxyl groups excluding tert-OH is 5. The van der Waals surface area contributed by atoms with Crippen LogP contribution in [0.4, 0.5) is 0 Å². The van der Waals surface area contributed by atoms with Crippen molar-refractivity contribution in [3.05, 3.63) is 35.9 Å². The van der Waals surface area contributed by atoms with E-state index in [9.17, 15) is 38.5 Å². The van der Waals surface area contributed by atoms with Crippen molar-refractivity contribution in [3.8, 4) is 0 Å². The van der Waals surface area contributed by atoms with Crippen LogP contribution in [0.15, 0.2) is 30.3 Å². The lowest BCUT2D eigenvalue weighted by Gasteiger charge is -2.43. The average molecular weight is 463 g/mol. The fourth-order valence-corrected chi connectivity index (χ4v) is 4.77. The van der Waals surface area contributed by atoms with Crippen molar-refractivity contribution in [2.24, 2.45) is 11.8 Å². The summed E-state index contributed by atoms with van der Waals surface area (Å²) in [5.41, 5.74) is 0.757. The third kappa shape index (κ3) is 5.99. The van der Waals surface area contributed by atoms with Gasteiger partial charge >= 0.3 is 0 Å². The molecule has 1 aliphatic heterocycles. The lowest BCUT2D eigenvalue weighted by Crippen LogP contribution is -2.59. The molecule has 0 radical (unpaired) electrons. The molecular formula is C19H27O11S-. The molecule has 0 amide bonds. The van der Waals surface area contributed by atoms with E-state index < -0.39 is 71.8 Å². The molecule has 1 aromatic carbocycles. The van der Waals surface area contributed by atoms with Gasteiger partial charge in [0, 0.05) is 12.5 Å². The van der Waals surface area contributed by atoms with Crippen LogP contribution in [0, 0.1) is 11.8 Å². The monoisotopic (exact) mass is 463 g/mol. The third-order valence-electron chi connectivity index (χ3n) is 5.86. The van der Waals surface area contributed by atoms with Crippen LogP contribution in [0.25, 0.3) is 0 Å². The molecule has 0 aromatic heterocycles. The molecule has 12 heteroatoms. The minimum absolute atomic E-state index is 0.0213. The van der Waals surface area contributed by atoms with Crippen molar-refractivity contribution in [2.45, 2.75) is 62.4 Å². The smallest absolute Gasteiger partial charge is 0.218 e. The largest absolute Gasteiger partial charge is 0.726 e. The lowest BCUT2D eigenvalue weighted by atomic mass is 9.86. The summed E-state index contributed by atoms with van der Waals surface area (Å²) in [7, 11) is -5.25. The summed E-state index contributed by atoms with van der Waals surface area (Å²) in [5.74, 6) is -1.26. The number of aliphatic hydroxyl groups is 5. The van der Waals surface area contributed by atoms with Crippen LogP contribution in [0.1, 0.15) is 18.4 Å². The van der Waals surface area contributed by atoms with E-state index in [1.54, 1.807) is 24.3 Å². The first kappa shape index (κ1) is 24.5. The highest BCUT2D eigenvalue weighted by Gasteiger charge is 2.50. The number of benzene rings is 1. The van der Waals surface area contributed by atoms with Crippen LogP contribution in [0.2, 0.25) is 0 Å². The highest BCUT2D eigenvalue weighted by molar-refractivity contribution is 7.80. The Balaban J connectivity index is 1.77. The zero-order valence-corrected chi connectivity index (χ0v) is 17.3. The maximum atomic E-state index is 11.2. The Kier molecular flexibility index (Phi) is 8.02. The minimum Gasteiger partial charge on any atom is -0.726 e. The molecule has 1 saturated heterocycles. The molecule has 1 aliphatic carbocycles. The molecule has 9 atom stereocenters. The van der Waals surface area contributed by atoms with Gasteiger partial charge in [0.25, 0.3) is 0 Å². The van der Waals surface area contributed by atoms with Gasteiger partial charge in [-0.15, -0.1) is 0 Å². The van der Waals surface area contributed by atoms with Gasteiger partial charge in [0.15, 0.2) is 6.29 Å². The Morgan fingerprint density at radius 2 is 1.74 bits per heavy atom. The SMILES string of the molecule is O=S(=O)([O-])O[C@@H]1[C@H](O)[C@@H](O)[C@H](OCc2ccccc2)O[C@@H]1C[C@@H]1C[C@@H](O)[C@H](O)[C@H]1CO. The van der Waals surface area contributed by atoms with Crippen molar-refractivity contribution >= 4 is 10.4 Å². The third-order valence-corrected chi connectivity index (χ3v) is 6.31. The van der Waals surface area contributed by atoms with E-state index in [1.807, 2.05) is 6.07 Å². The predicted molar refractivity (Wildman–Crippen MR) is 102 cm³/mol. The van der Waals surface area contributed by atoms with Gasteiger partial charge in [0.1, 0.15) is 18.3 Å². The second-order valence-corrected chi connectivity index (χ2v) is 8.93. The summed E-state index contributed by atoms with van der Waals surface area (Å²) in [6, 6.07) is 8.91. The Bertz CT molecular complexity index is 804. The number of hydrogen-bond donors (Lipinski definition) is 5.